The van der Waals surface area contributed by atoms with Gasteiger partial charge < -0.3 is 39.4 Å². The third kappa shape index (κ3) is 11.1. The number of anilines is 1. The highest BCUT2D eigenvalue weighted by Gasteiger charge is 2.49. The number of carbonyl (C=O) groups is 2. The first-order chi connectivity index (χ1) is 37.7. The number of aliphatic carboxylic acids is 2. The van der Waals surface area contributed by atoms with Crippen LogP contribution < -0.4 is 19.7 Å². The molecule has 16 heteroatoms. The zero-order valence-corrected chi connectivity index (χ0v) is 44.0. The molecule has 0 saturated carbocycles. The van der Waals surface area contributed by atoms with Crippen LogP contribution in [0.1, 0.15) is 61.1 Å². The summed E-state index contributed by atoms with van der Waals surface area (Å²) in [5, 5.41) is 24.2. The zero-order chi connectivity index (χ0) is 54.4. The van der Waals surface area contributed by atoms with Gasteiger partial charge >= 0.3 is 11.9 Å². The van der Waals surface area contributed by atoms with Crippen LogP contribution in [-0.2, 0) is 31.1 Å². The molecule has 0 bridgehead atoms. The highest BCUT2D eigenvalue weighted by Crippen LogP contribution is 2.45. The smallest absolute Gasteiger partial charge is 0.414 e. The van der Waals surface area contributed by atoms with Gasteiger partial charge in [-0.3, -0.25) is 4.99 Å². The van der Waals surface area contributed by atoms with Crippen molar-refractivity contribution in [3.05, 3.63) is 203 Å². The minimum Gasteiger partial charge on any atom is -0.491 e. The van der Waals surface area contributed by atoms with E-state index >= 15 is 0 Å². The second-order valence-electron chi connectivity index (χ2n) is 20.9. The van der Waals surface area contributed by atoms with E-state index in [-0.39, 0.29) is 12.2 Å². The van der Waals surface area contributed by atoms with Crippen LogP contribution >= 0.6 is 0 Å². The number of pyridine rings is 2. The second kappa shape index (κ2) is 22.7. The number of hydrogen-bond acceptors (Lipinski definition) is 12. The highest BCUT2D eigenvalue weighted by molar-refractivity contribution is 6.27. The molecule has 0 atom stereocenters. The average molecular weight is 1050 g/mol. The molecule has 400 valence electrons. The maximum Gasteiger partial charge on any atom is 0.414 e. The van der Waals surface area contributed by atoms with E-state index in [9.17, 15) is 4.39 Å². The van der Waals surface area contributed by atoms with Gasteiger partial charge in [-0.25, -0.2) is 24.2 Å². The number of aromatic nitrogens is 4. The van der Waals surface area contributed by atoms with Crippen molar-refractivity contribution in [2.75, 3.05) is 57.5 Å². The molecular formula is C62H62FN7O8. The monoisotopic (exact) mass is 1050 g/mol. The molecule has 4 fully saturated rings. The number of rotatable bonds is 11. The van der Waals surface area contributed by atoms with E-state index in [0.29, 0.717) is 22.1 Å². The lowest BCUT2D eigenvalue weighted by atomic mass is 9.77. The summed E-state index contributed by atoms with van der Waals surface area (Å²) in [7, 11) is 0. The molecule has 0 unspecified atom stereocenters. The largest absolute Gasteiger partial charge is 0.491 e. The van der Waals surface area contributed by atoms with Crippen molar-refractivity contribution >= 4 is 34.4 Å². The molecule has 13 rings (SSSR count). The van der Waals surface area contributed by atoms with Gasteiger partial charge in [0.1, 0.15) is 28.5 Å². The number of aliphatic imine (C=N–C) groups is 1. The van der Waals surface area contributed by atoms with E-state index < -0.39 is 23.4 Å². The molecular weight excluding hydrogens is 990 g/mol. The zero-order valence-electron chi connectivity index (χ0n) is 44.0. The van der Waals surface area contributed by atoms with Gasteiger partial charge in [0.25, 0.3) is 0 Å². The number of fused-ring (bicyclic) bond motifs is 2. The number of benzene rings is 5. The number of nitrogens with zero attached hydrogens (tertiary/aromatic N) is 6. The molecule has 5 aliphatic heterocycles. The fraction of sp³-hybridized carbons (Fsp3) is 0.290. The lowest BCUT2D eigenvalue weighted by Gasteiger charge is -2.55. The summed E-state index contributed by atoms with van der Waals surface area (Å²) in [5.74, 6) is -1.53. The fourth-order valence-electron chi connectivity index (χ4n) is 10.4. The van der Waals surface area contributed by atoms with E-state index in [2.05, 4.69) is 122 Å². The van der Waals surface area contributed by atoms with Crippen molar-refractivity contribution in [2.45, 2.75) is 52.0 Å². The normalized spacial score (nSPS) is 16.1. The standard InChI is InChI=1S/C34H28FN3O.C21H23N3O2.C5H9NO.C2H2O4/c1-24(2)39-29-18-19-31-30(23-29)33(25-20-21-36-32(35)22-25)37-38(31)34(26-12-6-3-7-13-26,27-14-8-4-9-15-27)28-16-10-5-11-17-28;1-14(2)26-17-4-3-16-9-23-20(18(16)8-17)15-5-6-22-19(7-15)24-10-21(11-24)12-25-13-21;1-5(2-6-1)3-7-4-5;3-1(4)2(5)6/h3-24H,1-2H3;3-8,14H,9-13H2,1-2H3;6H,1-4H2;(H,3,4)(H,5,6). The van der Waals surface area contributed by atoms with Gasteiger partial charge in [0.2, 0.25) is 5.95 Å². The van der Waals surface area contributed by atoms with E-state index in [4.69, 9.17) is 48.8 Å². The molecule has 78 heavy (non-hydrogen) atoms. The summed E-state index contributed by atoms with van der Waals surface area (Å²) in [6.45, 7) is 17.1. The Bertz CT molecular complexity index is 3300. The molecule has 0 aliphatic carbocycles. The molecule has 8 aromatic rings. The van der Waals surface area contributed by atoms with Gasteiger partial charge in [-0.15, -0.1) is 0 Å². The Balaban J connectivity index is 0.000000149. The Kier molecular flexibility index (Phi) is 15.5. The molecule has 8 heterocycles. The lowest BCUT2D eigenvalue weighted by molar-refractivity contribution is -0.159. The Morgan fingerprint density at radius 3 is 1.68 bits per heavy atom. The predicted octanol–water partition coefficient (Wildman–Crippen LogP) is 9.68. The van der Waals surface area contributed by atoms with Crippen molar-refractivity contribution in [1.82, 2.24) is 25.1 Å². The van der Waals surface area contributed by atoms with Gasteiger partial charge in [0.15, 0.2) is 0 Å². The first-order valence-corrected chi connectivity index (χ1v) is 26.1. The molecule has 5 aliphatic rings. The van der Waals surface area contributed by atoms with Crippen molar-refractivity contribution in [3.8, 4) is 22.8 Å². The third-order valence-corrected chi connectivity index (χ3v) is 14.2. The van der Waals surface area contributed by atoms with Crippen LogP contribution in [0.25, 0.3) is 22.2 Å². The van der Waals surface area contributed by atoms with Gasteiger partial charge in [0, 0.05) is 72.1 Å². The first-order valence-electron chi connectivity index (χ1n) is 26.1. The van der Waals surface area contributed by atoms with Crippen LogP contribution in [0.4, 0.5) is 10.2 Å². The van der Waals surface area contributed by atoms with E-state index in [1.807, 2.05) is 76.4 Å². The predicted molar refractivity (Wildman–Crippen MR) is 296 cm³/mol. The van der Waals surface area contributed by atoms with Crippen LogP contribution in [0.5, 0.6) is 11.5 Å². The van der Waals surface area contributed by atoms with Crippen LogP contribution in [0.2, 0.25) is 0 Å². The summed E-state index contributed by atoms with van der Waals surface area (Å²) in [4.78, 5) is 33.7. The summed E-state index contributed by atoms with van der Waals surface area (Å²) in [5.41, 5.74) is 10.2. The highest BCUT2D eigenvalue weighted by atomic mass is 19.1. The summed E-state index contributed by atoms with van der Waals surface area (Å²) >= 11 is 0. The summed E-state index contributed by atoms with van der Waals surface area (Å²) < 4.78 is 38.8. The van der Waals surface area contributed by atoms with Gasteiger partial charge in [-0.05, 0) is 98.5 Å². The fourth-order valence-corrected chi connectivity index (χ4v) is 10.4. The van der Waals surface area contributed by atoms with Crippen LogP contribution in [-0.4, -0.2) is 112 Å². The van der Waals surface area contributed by atoms with Gasteiger partial charge in [-0.2, -0.15) is 9.49 Å². The number of ether oxygens (including phenoxy) is 4. The molecule has 2 spiro atoms. The Morgan fingerprint density at radius 1 is 0.654 bits per heavy atom. The van der Waals surface area contributed by atoms with E-state index in [1.165, 1.54) is 36.5 Å². The minimum atomic E-state index is -1.82. The molecule has 15 nitrogen and oxygen atoms in total. The average Bonchev–Trinajstić information content (AvgIpc) is 4.17. The maximum absolute atomic E-state index is 14.4. The van der Waals surface area contributed by atoms with Gasteiger partial charge in [-0.1, -0.05) is 97.1 Å². The first kappa shape index (κ1) is 53.1. The number of carboxylic acid groups (broad SMARTS) is 2. The number of hydrogen-bond donors (Lipinski definition) is 3. The van der Waals surface area contributed by atoms with Crippen molar-refractivity contribution in [3.63, 3.8) is 0 Å². The minimum absolute atomic E-state index is 0.0105. The Morgan fingerprint density at radius 2 is 1.19 bits per heavy atom. The van der Waals surface area contributed by atoms with E-state index in [0.717, 1.165) is 102 Å². The molecule has 0 radical (unpaired) electrons. The van der Waals surface area contributed by atoms with Crippen molar-refractivity contribution in [1.29, 1.82) is 0 Å². The molecule has 4 saturated heterocycles. The van der Waals surface area contributed by atoms with Crippen LogP contribution in [0, 0.1) is 16.8 Å². The second-order valence-corrected chi connectivity index (χ2v) is 20.9. The third-order valence-electron chi connectivity index (χ3n) is 14.2. The SMILES string of the molecule is C1NCC12COC2.CC(C)Oc1ccc2c(c1)C(c1ccnc(N3CC4(COC4)C3)c1)=NC2.CC(C)Oc1ccc2c(c1)c(-c1ccnc(F)c1)nn2C(c1ccccc1)(c1ccccc1)c1ccccc1.O=C(O)C(=O)O. The quantitative estimate of drug-likeness (QED) is 0.0633. The van der Waals surface area contributed by atoms with Crippen LogP contribution in [0.3, 0.4) is 0 Å². The lowest BCUT2D eigenvalue weighted by Crippen LogP contribution is -2.66. The Labute approximate surface area is 452 Å². The van der Waals surface area contributed by atoms with E-state index in [1.54, 1.807) is 6.07 Å². The van der Waals surface area contributed by atoms with Crippen LogP contribution in [0.15, 0.2) is 169 Å². The number of halogens is 1. The topological polar surface area (TPSA) is 183 Å². The maximum atomic E-state index is 14.4. The molecule has 0 amide bonds. The molecule has 3 N–H and O–H groups in total. The van der Waals surface area contributed by atoms with Crippen molar-refractivity contribution < 1.29 is 43.1 Å². The molecule has 3 aromatic heterocycles. The van der Waals surface area contributed by atoms with Crippen molar-refractivity contribution in [2.24, 2.45) is 15.8 Å². The summed E-state index contributed by atoms with van der Waals surface area (Å²) in [6.07, 6.45) is 3.54. The Hall–Kier alpha value is -8.31. The number of carboxylic acids is 2. The molecule has 5 aromatic carbocycles. The number of nitrogens with one attached hydrogen (secondary N) is 1. The van der Waals surface area contributed by atoms with Gasteiger partial charge in [0.05, 0.1) is 61.8 Å². The summed E-state index contributed by atoms with van der Waals surface area (Å²) in [6, 6.07) is 50.9.